The highest BCUT2D eigenvalue weighted by molar-refractivity contribution is 5.84. The number of aliphatic hydroxyl groups is 3. The molecule has 0 amide bonds. The maximum absolute atomic E-state index is 14.3. The average Bonchev–Trinajstić information content (AvgIpc) is 3.40. The van der Waals surface area contributed by atoms with E-state index in [1.54, 1.807) is 62.3 Å². The van der Waals surface area contributed by atoms with Gasteiger partial charge in [-0.05, 0) is 74.9 Å². The van der Waals surface area contributed by atoms with Crippen LogP contribution in [-0.4, -0.2) is 144 Å². The fourth-order valence-electron chi connectivity index (χ4n) is 9.03. The molecule has 0 radical (unpaired) electrons. The van der Waals surface area contributed by atoms with Crippen molar-refractivity contribution in [1.29, 1.82) is 0 Å². The number of likely N-dealkylation sites (N-methyl/N-ethyl adjacent to an activating group) is 1. The molecule has 0 bridgehead atoms. The van der Waals surface area contributed by atoms with E-state index in [-0.39, 0.29) is 37.2 Å². The third kappa shape index (κ3) is 8.88. The van der Waals surface area contributed by atoms with Gasteiger partial charge in [0.25, 0.3) is 0 Å². The van der Waals surface area contributed by atoms with Crippen LogP contribution in [0.3, 0.4) is 0 Å². The van der Waals surface area contributed by atoms with E-state index in [4.69, 9.17) is 37.9 Å². The van der Waals surface area contributed by atoms with Crippen LogP contribution >= 0.6 is 0 Å². The summed E-state index contributed by atoms with van der Waals surface area (Å²) in [5, 5.41) is 34.9. The Kier molecular flexibility index (Phi) is 13.7. The SMILES string of the molecule is CCC1OC(=O)C(C)C(OC2C[C@@](C)(OC)C(O)C(C)O2)C(C)C(OC2OC(C)CC(N(C)C)C2O)[C@](C)(O)CC(C)C(=O)C(C)C2OC(=O)O[C@]12C. The first kappa shape index (κ1) is 43.8. The smallest absolute Gasteiger partial charge is 0.458 e. The highest BCUT2D eigenvalue weighted by atomic mass is 16.8. The summed E-state index contributed by atoms with van der Waals surface area (Å²) in [7, 11) is 5.20. The first-order valence-corrected chi connectivity index (χ1v) is 19.1. The number of fused-ring (bicyclic) bond motifs is 1. The molecule has 0 aromatic rings. The molecule has 3 N–H and O–H groups in total. The molecule has 306 valence electrons. The molecule has 0 aromatic heterocycles. The fraction of sp³-hybridized carbons (Fsp3) is 0.921. The Morgan fingerprint density at radius 3 is 2.13 bits per heavy atom. The monoisotopic (exact) mass is 759 g/mol. The van der Waals surface area contributed by atoms with Crippen LogP contribution in [0, 0.1) is 23.7 Å². The van der Waals surface area contributed by atoms with Gasteiger partial charge in [-0.1, -0.05) is 27.7 Å². The number of carbonyl (C=O) groups excluding carboxylic acids is 3. The number of hydrogen-bond acceptors (Lipinski definition) is 15. The van der Waals surface area contributed by atoms with Gasteiger partial charge >= 0.3 is 12.1 Å². The molecule has 4 aliphatic heterocycles. The Morgan fingerprint density at radius 1 is 0.906 bits per heavy atom. The topological polar surface area (TPSA) is 189 Å². The Labute approximate surface area is 314 Å². The Bertz CT molecular complexity index is 1300. The predicted molar refractivity (Wildman–Crippen MR) is 189 cm³/mol. The second kappa shape index (κ2) is 16.6. The number of cyclic esters (lactones) is 1. The van der Waals surface area contributed by atoms with Crippen molar-refractivity contribution in [3.05, 3.63) is 0 Å². The fourth-order valence-corrected chi connectivity index (χ4v) is 9.03. The molecule has 4 saturated heterocycles. The molecule has 0 aliphatic carbocycles. The quantitative estimate of drug-likeness (QED) is 0.321. The molecule has 18 atom stereocenters. The van der Waals surface area contributed by atoms with Crippen molar-refractivity contribution < 1.29 is 67.6 Å². The number of methoxy groups -OCH3 is 1. The lowest BCUT2D eigenvalue weighted by Gasteiger charge is -2.49. The summed E-state index contributed by atoms with van der Waals surface area (Å²) in [6, 6.07) is -0.322. The Hall–Kier alpha value is -1.95. The second-order valence-corrected chi connectivity index (χ2v) is 16.9. The van der Waals surface area contributed by atoms with Crippen molar-refractivity contribution >= 4 is 17.9 Å². The molecule has 15 unspecified atom stereocenters. The molecule has 53 heavy (non-hydrogen) atoms. The summed E-state index contributed by atoms with van der Waals surface area (Å²) < 4.78 is 48.7. The van der Waals surface area contributed by atoms with Gasteiger partial charge in [-0.15, -0.1) is 0 Å². The van der Waals surface area contributed by atoms with E-state index in [2.05, 4.69) is 0 Å². The molecule has 0 aromatic carbocycles. The molecule has 0 saturated carbocycles. The maximum atomic E-state index is 14.3. The van der Waals surface area contributed by atoms with Gasteiger partial charge < -0.3 is 58.1 Å². The van der Waals surface area contributed by atoms with E-state index in [0.717, 1.165) is 0 Å². The van der Waals surface area contributed by atoms with Gasteiger partial charge in [-0.25, -0.2) is 4.79 Å². The lowest BCUT2D eigenvalue weighted by molar-refractivity contribution is -0.318. The lowest BCUT2D eigenvalue weighted by atomic mass is 9.74. The van der Waals surface area contributed by atoms with Crippen molar-refractivity contribution in [2.75, 3.05) is 21.2 Å². The zero-order valence-electron chi connectivity index (χ0n) is 33.8. The van der Waals surface area contributed by atoms with Gasteiger partial charge in [0.1, 0.15) is 24.1 Å². The molecular formula is C38H65NO14. The Morgan fingerprint density at radius 2 is 1.55 bits per heavy atom. The highest BCUT2D eigenvalue weighted by Crippen LogP contribution is 2.43. The van der Waals surface area contributed by atoms with Gasteiger partial charge in [0.05, 0.1) is 47.5 Å². The van der Waals surface area contributed by atoms with Crippen LogP contribution in [0.25, 0.3) is 0 Å². The number of esters is 1. The lowest BCUT2D eigenvalue weighted by Crippen LogP contribution is -2.61. The van der Waals surface area contributed by atoms with Gasteiger partial charge in [0.15, 0.2) is 24.3 Å². The van der Waals surface area contributed by atoms with E-state index in [1.807, 2.05) is 25.9 Å². The standard InChI is InChI=1S/C38H65NO14/c1-14-25-38(10)32(52-35(44)53-38)20(4)27(40)18(2)16-36(8,45)31(51-34-28(41)24(39(11)12)15-19(3)47-34)21(5)29(22(6)33(43)49-25)50-26-17-37(9,46-13)30(42)23(7)48-26/h18-26,28-32,34,41-42,45H,14-17H2,1-13H3/t18?,19?,20?,21?,22?,23?,24?,25?,26?,28?,29?,30?,31?,32?,34?,36-,37-,38-/m1/s1. The van der Waals surface area contributed by atoms with Crippen molar-refractivity contribution in [1.82, 2.24) is 4.90 Å². The van der Waals surface area contributed by atoms with E-state index >= 15 is 0 Å². The van der Waals surface area contributed by atoms with Crippen molar-refractivity contribution in [2.45, 2.75) is 179 Å². The van der Waals surface area contributed by atoms with Crippen LogP contribution in [0.2, 0.25) is 0 Å². The van der Waals surface area contributed by atoms with Crippen LogP contribution in [0.1, 0.15) is 94.9 Å². The van der Waals surface area contributed by atoms with Crippen LogP contribution < -0.4 is 0 Å². The number of ketones is 1. The summed E-state index contributed by atoms with van der Waals surface area (Å²) in [5.41, 5.74) is -4.33. The number of ether oxygens (including phenoxy) is 8. The third-order valence-electron chi connectivity index (χ3n) is 12.3. The second-order valence-electron chi connectivity index (χ2n) is 16.9. The van der Waals surface area contributed by atoms with Crippen LogP contribution in [0.4, 0.5) is 4.79 Å². The number of Topliss-reactive ketones (excluding diaryl/α,β-unsaturated/α-hetero) is 1. The van der Waals surface area contributed by atoms with Gasteiger partial charge in [0.2, 0.25) is 0 Å². The molecule has 4 heterocycles. The molecule has 15 nitrogen and oxygen atoms in total. The van der Waals surface area contributed by atoms with Gasteiger partial charge in [-0.2, -0.15) is 0 Å². The zero-order valence-corrected chi connectivity index (χ0v) is 33.8. The van der Waals surface area contributed by atoms with Crippen molar-refractivity contribution in [3.8, 4) is 0 Å². The van der Waals surface area contributed by atoms with Gasteiger partial charge in [0, 0.05) is 31.4 Å². The normalized spacial score (nSPS) is 49.1. The van der Waals surface area contributed by atoms with E-state index in [0.29, 0.717) is 6.42 Å². The largest absolute Gasteiger partial charge is 0.509 e. The van der Waals surface area contributed by atoms with E-state index in [9.17, 15) is 29.7 Å². The maximum Gasteiger partial charge on any atom is 0.509 e. The highest BCUT2D eigenvalue weighted by Gasteiger charge is 2.59. The van der Waals surface area contributed by atoms with Crippen LogP contribution in [-0.2, 0) is 47.5 Å². The number of hydrogen-bond donors (Lipinski definition) is 3. The molecule has 15 heteroatoms. The Balaban J connectivity index is 1.84. The predicted octanol–water partition coefficient (Wildman–Crippen LogP) is 2.97. The summed E-state index contributed by atoms with van der Waals surface area (Å²) in [4.78, 5) is 43.0. The third-order valence-corrected chi connectivity index (χ3v) is 12.3. The minimum atomic E-state index is -1.78. The minimum absolute atomic E-state index is 0.0996. The minimum Gasteiger partial charge on any atom is -0.458 e. The average molecular weight is 760 g/mol. The number of rotatable bonds is 7. The van der Waals surface area contributed by atoms with Crippen LogP contribution in [0.15, 0.2) is 0 Å². The number of aliphatic hydroxyl groups excluding tert-OH is 2. The zero-order chi connectivity index (χ0) is 40.0. The number of carbonyl (C=O) groups is 3. The summed E-state index contributed by atoms with van der Waals surface area (Å²) >= 11 is 0. The molecule has 4 fully saturated rings. The first-order valence-electron chi connectivity index (χ1n) is 19.1. The van der Waals surface area contributed by atoms with E-state index < -0.39 is 108 Å². The van der Waals surface area contributed by atoms with Gasteiger partial charge in [-0.3, -0.25) is 9.59 Å². The summed E-state index contributed by atoms with van der Waals surface area (Å²) in [6.07, 6.45) is -9.81. The summed E-state index contributed by atoms with van der Waals surface area (Å²) in [5.74, 6) is -4.54. The number of nitrogens with zero attached hydrogens (tertiary/aromatic N) is 1. The van der Waals surface area contributed by atoms with E-state index in [1.165, 1.54) is 7.11 Å². The molecule has 0 spiro atoms. The van der Waals surface area contributed by atoms with Crippen molar-refractivity contribution in [3.63, 3.8) is 0 Å². The van der Waals surface area contributed by atoms with Crippen molar-refractivity contribution in [2.24, 2.45) is 23.7 Å². The first-order chi connectivity index (χ1) is 24.5. The van der Waals surface area contributed by atoms with Crippen LogP contribution in [0.5, 0.6) is 0 Å². The molecular weight excluding hydrogens is 694 g/mol. The summed E-state index contributed by atoms with van der Waals surface area (Å²) in [6.45, 7) is 16.9. The molecule has 4 rings (SSSR count). The molecule has 4 aliphatic rings.